The van der Waals surface area contributed by atoms with Crippen LogP contribution in [0.3, 0.4) is 0 Å². The van der Waals surface area contributed by atoms with Crippen LogP contribution in [0.4, 0.5) is 0 Å². The Morgan fingerprint density at radius 2 is 1.46 bits per heavy atom. The normalized spacial score (nSPS) is 30.6. The summed E-state index contributed by atoms with van der Waals surface area (Å²) in [5, 5.41) is 0.344. The van der Waals surface area contributed by atoms with Crippen LogP contribution in [0, 0.1) is 23.2 Å². The average Bonchev–Trinajstić information content (AvgIpc) is 3.24. The summed E-state index contributed by atoms with van der Waals surface area (Å²) in [6.45, 7) is 45.1. The predicted octanol–water partition coefficient (Wildman–Crippen LogP) is 13.6. The Labute approximate surface area is 302 Å². The Bertz CT molecular complexity index is 1180. The van der Waals surface area contributed by atoms with E-state index in [2.05, 4.69) is 127 Å². The van der Waals surface area contributed by atoms with Crippen LogP contribution >= 0.6 is 0 Å². The Morgan fingerprint density at radius 3 is 2.02 bits per heavy atom. The molecule has 0 aromatic heterocycles. The lowest BCUT2D eigenvalue weighted by Crippen LogP contribution is -2.49. The maximum absolute atomic E-state index is 7.12. The molecule has 3 aliphatic rings. The number of hydrogen-bond donors (Lipinski definition) is 0. The van der Waals surface area contributed by atoms with E-state index in [9.17, 15) is 0 Å². The highest BCUT2D eigenvalue weighted by Crippen LogP contribution is 2.60. The number of fused-ring (bicyclic) bond motifs is 1. The average molecular weight is 717 g/mol. The summed E-state index contributed by atoms with van der Waals surface area (Å²) >= 11 is 0. The second-order valence-electron chi connectivity index (χ2n) is 21.2. The topological polar surface area (TPSA) is 27.7 Å². The molecule has 0 heterocycles. The lowest BCUT2D eigenvalue weighted by atomic mass is 9.60. The fourth-order valence-electron chi connectivity index (χ4n) is 8.91. The van der Waals surface area contributed by atoms with E-state index in [1.165, 1.54) is 56.1 Å². The van der Waals surface area contributed by atoms with Gasteiger partial charge in [-0.25, -0.2) is 0 Å². The van der Waals surface area contributed by atoms with Gasteiger partial charge >= 0.3 is 0 Å². The Balaban J connectivity index is 1.81. The number of rotatable bonds is 12. The van der Waals surface area contributed by atoms with E-state index in [-0.39, 0.29) is 27.9 Å². The first-order valence-electron chi connectivity index (χ1n) is 19.7. The van der Waals surface area contributed by atoms with Gasteiger partial charge in [0, 0.05) is 6.42 Å². The van der Waals surface area contributed by atoms with Crippen molar-refractivity contribution in [2.45, 2.75) is 207 Å². The molecule has 0 bridgehead atoms. The van der Waals surface area contributed by atoms with Gasteiger partial charge in [0.1, 0.15) is 0 Å². The molecule has 0 aromatic rings. The van der Waals surface area contributed by atoms with Crippen molar-refractivity contribution in [1.29, 1.82) is 0 Å². The SMILES string of the molecule is C=C1/C(=C\C=C2/CCC[C@@]3(C)C2CC[C@@H]3[C@H](C)CCCC(C)(C)O[Si](C)(C)C)C[C@@H](O[Si](C)(C)C(C)(C)C)C[C@@H]1O[Si](C)(C)C(C)(C)C. The first-order valence-corrected chi connectivity index (χ1v) is 29.0. The van der Waals surface area contributed by atoms with Crippen molar-refractivity contribution >= 4 is 25.0 Å². The zero-order valence-electron chi connectivity index (χ0n) is 35.0. The van der Waals surface area contributed by atoms with Gasteiger partial charge in [-0.15, -0.1) is 0 Å². The van der Waals surface area contributed by atoms with E-state index < -0.39 is 25.0 Å². The molecule has 3 aliphatic carbocycles. The smallest absolute Gasteiger partial charge is 0.192 e. The monoisotopic (exact) mass is 717 g/mol. The molecule has 3 nitrogen and oxygen atoms in total. The van der Waals surface area contributed by atoms with Crippen LogP contribution in [0.5, 0.6) is 0 Å². The maximum Gasteiger partial charge on any atom is 0.192 e. The summed E-state index contributed by atoms with van der Waals surface area (Å²) in [4.78, 5) is 0. The zero-order chi connectivity index (χ0) is 36.7. The molecule has 1 unspecified atom stereocenters. The first kappa shape index (κ1) is 42.2. The molecule has 0 aromatic carbocycles. The van der Waals surface area contributed by atoms with Crippen LogP contribution in [0.2, 0.25) is 55.9 Å². The third-order valence-corrected chi connectivity index (χ3v) is 23.7. The van der Waals surface area contributed by atoms with E-state index in [4.69, 9.17) is 19.9 Å². The fourth-order valence-corrected chi connectivity index (χ4v) is 13.3. The number of allylic oxidation sites excluding steroid dienone is 3. The van der Waals surface area contributed by atoms with Crippen molar-refractivity contribution in [3.63, 3.8) is 0 Å². The van der Waals surface area contributed by atoms with Crippen molar-refractivity contribution in [2.24, 2.45) is 23.2 Å². The molecule has 0 spiro atoms. The second-order valence-corrected chi connectivity index (χ2v) is 35.1. The molecule has 3 rings (SSSR count). The van der Waals surface area contributed by atoms with E-state index in [0.29, 0.717) is 11.3 Å². The molecule has 3 saturated carbocycles. The zero-order valence-corrected chi connectivity index (χ0v) is 38.0. The van der Waals surface area contributed by atoms with Gasteiger partial charge in [0.2, 0.25) is 0 Å². The van der Waals surface area contributed by atoms with Gasteiger partial charge < -0.3 is 13.3 Å². The first-order chi connectivity index (χ1) is 21.6. The third-order valence-electron chi connectivity index (χ3n) is 13.5. The number of hydrogen-bond acceptors (Lipinski definition) is 3. The minimum atomic E-state index is -1.97. The van der Waals surface area contributed by atoms with Gasteiger partial charge in [-0.1, -0.05) is 92.5 Å². The molecule has 0 saturated heterocycles. The van der Waals surface area contributed by atoms with Crippen LogP contribution < -0.4 is 0 Å². The largest absolute Gasteiger partial charge is 0.413 e. The predicted molar refractivity (Wildman–Crippen MR) is 218 cm³/mol. The van der Waals surface area contributed by atoms with Crippen molar-refractivity contribution in [3.8, 4) is 0 Å². The molecular formula is C42H80O3Si3. The van der Waals surface area contributed by atoms with Crippen LogP contribution in [0.25, 0.3) is 0 Å². The van der Waals surface area contributed by atoms with E-state index in [1.54, 1.807) is 5.57 Å². The molecule has 0 aliphatic heterocycles. The summed E-state index contributed by atoms with van der Waals surface area (Å²) in [6.07, 6.45) is 17.5. The molecule has 0 N–H and O–H groups in total. The molecule has 0 radical (unpaired) electrons. The summed E-state index contributed by atoms with van der Waals surface area (Å²) in [5.41, 5.74) is 4.66. The standard InChI is InChI=1S/C42H80O3Si3/c1-31(21-19-27-41(9,10)45-46(12,13)14)36-25-26-37-33(22-20-28-42(36,37)11)23-24-34-29-35(43-47(15,16)39(3,4)5)30-38(32(34)2)44-48(17,18)40(6,7)8/h23-24,31,35-38H,2,19-22,25-30H2,1,3-18H3/b33-23+,34-24-/t31-,35-,36-,37?,38+,42-/m1/s1. The van der Waals surface area contributed by atoms with Gasteiger partial charge in [0.05, 0.1) is 17.8 Å². The second kappa shape index (κ2) is 15.0. The van der Waals surface area contributed by atoms with Crippen LogP contribution in [0.15, 0.2) is 35.5 Å². The molecular weight excluding hydrogens is 637 g/mol. The van der Waals surface area contributed by atoms with Crippen molar-refractivity contribution in [2.75, 3.05) is 0 Å². The highest BCUT2D eigenvalue weighted by Gasteiger charge is 2.51. The van der Waals surface area contributed by atoms with E-state index in [1.807, 2.05) is 0 Å². The molecule has 3 fully saturated rings. The summed E-state index contributed by atoms with van der Waals surface area (Å²) < 4.78 is 20.8. The Hall–Kier alpha value is -0.249. The third kappa shape index (κ3) is 10.4. The van der Waals surface area contributed by atoms with E-state index in [0.717, 1.165) is 31.1 Å². The van der Waals surface area contributed by atoms with Crippen molar-refractivity contribution < 1.29 is 13.3 Å². The van der Waals surface area contributed by atoms with Crippen LogP contribution in [-0.4, -0.2) is 42.8 Å². The van der Waals surface area contributed by atoms with Gasteiger partial charge in [0.25, 0.3) is 0 Å². The van der Waals surface area contributed by atoms with Crippen LogP contribution in [0.1, 0.15) is 133 Å². The van der Waals surface area contributed by atoms with Crippen molar-refractivity contribution in [1.82, 2.24) is 0 Å². The fraction of sp³-hybridized carbons (Fsp3) is 0.857. The summed E-state index contributed by atoms with van der Waals surface area (Å²) in [5.74, 6) is 2.28. The van der Waals surface area contributed by atoms with Gasteiger partial charge in [-0.05, 0) is 149 Å². The minimum absolute atomic E-state index is 0.00680. The van der Waals surface area contributed by atoms with E-state index >= 15 is 0 Å². The molecule has 6 heteroatoms. The lowest BCUT2D eigenvalue weighted by Gasteiger charge is -2.46. The molecule has 0 amide bonds. The van der Waals surface area contributed by atoms with Gasteiger partial charge in [0.15, 0.2) is 25.0 Å². The van der Waals surface area contributed by atoms with Crippen LogP contribution in [-0.2, 0) is 13.3 Å². The molecule has 278 valence electrons. The molecule has 6 atom stereocenters. The lowest BCUT2D eigenvalue weighted by molar-refractivity contribution is 0.0735. The molecule has 48 heavy (non-hydrogen) atoms. The Kier molecular flexibility index (Phi) is 13.2. The minimum Gasteiger partial charge on any atom is -0.413 e. The summed E-state index contributed by atoms with van der Waals surface area (Å²) in [7, 11) is -5.43. The van der Waals surface area contributed by atoms with Gasteiger partial charge in [-0.3, -0.25) is 0 Å². The highest BCUT2D eigenvalue weighted by molar-refractivity contribution is 6.74. The Morgan fingerprint density at radius 1 is 0.875 bits per heavy atom. The summed E-state index contributed by atoms with van der Waals surface area (Å²) in [6, 6.07) is 0. The maximum atomic E-state index is 7.12. The highest BCUT2D eigenvalue weighted by atomic mass is 28.4. The van der Waals surface area contributed by atoms with Gasteiger partial charge in [-0.2, -0.15) is 0 Å². The van der Waals surface area contributed by atoms with Crippen molar-refractivity contribution in [3.05, 3.63) is 35.5 Å². The quantitative estimate of drug-likeness (QED) is 0.188.